The van der Waals surface area contributed by atoms with E-state index in [0.29, 0.717) is 17.6 Å². The zero-order valence-electron chi connectivity index (χ0n) is 12.1. The molecule has 0 radical (unpaired) electrons. The lowest BCUT2D eigenvalue weighted by atomic mass is 10.2. The molecule has 0 aliphatic carbocycles. The lowest BCUT2D eigenvalue weighted by molar-refractivity contribution is 0.280. The number of anilines is 2. The van der Waals surface area contributed by atoms with Crippen LogP contribution in [-0.4, -0.2) is 28.0 Å². The molecule has 0 fully saturated rings. The maximum atomic E-state index is 5.84. The number of benzene rings is 1. The summed E-state index contributed by atoms with van der Waals surface area (Å²) in [6, 6.07) is 7.61. The second kappa shape index (κ2) is 7.08. The quantitative estimate of drug-likeness (QED) is 0.883. The summed E-state index contributed by atoms with van der Waals surface area (Å²) < 4.78 is 5.58. The van der Waals surface area contributed by atoms with E-state index in [1.807, 2.05) is 43.0 Å². The van der Waals surface area contributed by atoms with Gasteiger partial charge in [0.2, 0.25) is 11.9 Å². The molecule has 2 aromatic rings. The SMILES string of the molecule is CCN(CC)c1nc(N)nc(OCc2ccc(Cl)cc2)n1. The van der Waals surface area contributed by atoms with Crippen molar-refractivity contribution in [3.05, 3.63) is 34.9 Å². The fraction of sp³-hybridized carbons (Fsp3) is 0.357. The molecule has 2 rings (SSSR count). The average molecular weight is 308 g/mol. The summed E-state index contributed by atoms with van der Waals surface area (Å²) in [5, 5.41) is 0.687. The summed E-state index contributed by atoms with van der Waals surface area (Å²) in [6.45, 7) is 5.97. The lowest BCUT2D eigenvalue weighted by Crippen LogP contribution is -2.25. The van der Waals surface area contributed by atoms with Crippen molar-refractivity contribution >= 4 is 23.5 Å². The Balaban J connectivity index is 2.10. The van der Waals surface area contributed by atoms with Gasteiger partial charge in [0.05, 0.1) is 0 Å². The highest BCUT2D eigenvalue weighted by Gasteiger charge is 2.10. The molecule has 2 N–H and O–H groups in total. The number of halogens is 1. The molecule has 112 valence electrons. The molecule has 0 aliphatic rings. The molecule has 0 atom stereocenters. The van der Waals surface area contributed by atoms with Gasteiger partial charge in [-0.3, -0.25) is 0 Å². The molecule has 1 heterocycles. The molecule has 0 saturated carbocycles. The minimum Gasteiger partial charge on any atom is -0.458 e. The topological polar surface area (TPSA) is 77.2 Å². The first-order valence-corrected chi connectivity index (χ1v) is 7.14. The summed E-state index contributed by atoms with van der Waals surface area (Å²) in [5.41, 5.74) is 6.68. The Kier molecular flexibility index (Phi) is 5.16. The van der Waals surface area contributed by atoms with E-state index in [4.69, 9.17) is 22.1 Å². The van der Waals surface area contributed by atoms with E-state index in [1.54, 1.807) is 0 Å². The molecule has 1 aromatic heterocycles. The molecular formula is C14H18ClN5O. The number of nitrogen functional groups attached to an aromatic ring is 1. The minimum atomic E-state index is 0.151. The minimum absolute atomic E-state index is 0.151. The van der Waals surface area contributed by atoms with Gasteiger partial charge >= 0.3 is 6.01 Å². The van der Waals surface area contributed by atoms with Crippen LogP contribution in [0.5, 0.6) is 6.01 Å². The van der Waals surface area contributed by atoms with Crippen LogP contribution in [0.15, 0.2) is 24.3 Å². The van der Waals surface area contributed by atoms with Crippen molar-refractivity contribution in [2.45, 2.75) is 20.5 Å². The van der Waals surface area contributed by atoms with Crippen LogP contribution in [0.2, 0.25) is 5.02 Å². The van der Waals surface area contributed by atoms with Crippen LogP contribution >= 0.6 is 11.6 Å². The number of nitrogens with zero attached hydrogens (tertiary/aromatic N) is 4. The number of ether oxygens (including phenoxy) is 1. The highest BCUT2D eigenvalue weighted by atomic mass is 35.5. The van der Waals surface area contributed by atoms with Gasteiger partial charge in [0, 0.05) is 18.1 Å². The Morgan fingerprint density at radius 3 is 2.38 bits per heavy atom. The van der Waals surface area contributed by atoms with Crippen LogP contribution in [0.3, 0.4) is 0 Å². The fourth-order valence-corrected chi connectivity index (χ4v) is 1.93. The summed E-state index contributed by atoms with van der Waals surface area (Å²) in [4.78, 5) is 14.4. The zero-order valence-corrected chi connectivity index (χ0v) is 12.8. The maximum Gasteiger partial charge on any atom is 0.323 e. The first-order chi connectivity index (χ1) is 10.1. The van der Waals surface area contributed by atoms with Crippen molar-refractivity contribution in [2.24, 2.45) is 0 Å². The normalized spacial score (nSPS) is 10.4. The van der Waals surface area contributed by atoms with Gasteiger partial charge in [-0.1, -0.05) is 23.7 Å². The predicted molar refractivity (Wildman–Crippen MR) is 83.6 cm³/mol. The Morgan fingerprint density at radius 2 is 1.76 bits per heavy atom. The van der Waals surface area contributed by atoms with Crippen molar-refractivity contribution in [3.8, 4) is 6.01 Å². The van der Waals surface area contributed by atoms with E-state index < -0.39 is 0 Å². The van der Waals surface area contributed by atoms with Gasteiger partial charge < -0.3 is 15.4 Å². The molecule has 7 heteroatoms. The van der Waals surface area contributed by atoms with E-state index in [-0.39, 0.29) is 12.0 Å². The molecule has 1 aromatic carbocycles. The molecule has 0 bridgehead atoms. The van der Waals surface area contributed by atoms with Gasteiger partial charge in [0.15, 0.2) is 0 Å². The van der Waals surface area contributed by atoms with Gasteiger partial charge in [-0.15, -0.1) is 0 Å². The van der Waals surface area contributed by atoms with Gasteiger partial charge in [-0.25, -0.2) is 0 Å². The number of rotatable bonds is 6. The second-order valence-electron chi connectivity index (χ2n) is 4.36. The predicted octanol–water partition coefficient (Wildman–Crippen LogP) is 2.53. The summed E-state index contributed by atoms with van der Waals surface area (Å²) in [5.74, 6) is 0.677. The van der Waals surface area contributed by atoms with E-state index >= 15 is 0 Å². The van der Waals surface area contributed by atoms with Crippen molar-refractivity contribution in [1.29, 1.82) is 0 Å². The van der Waals surface area contributed by atoms with Gasteiger partial charge in [0.25, 0.3) is 0 Å². The van der Waals surface area contributed by atoms with Crippen LogP contribution in [0.1, 0.15) is 19.4 Å². The lowest BCUT2D eigenvalue weighted by Gasteiger charge is -2.18. The Bertz CT molecular complexity index is 586. The van der Waals surface area contributed by atoms with Crippen LogP contribution in [0.4, 0.5) is 11.9 Å². The third-order valence-electron chi connectivity index (χ3n) is 2.95. The monoisotopic (exact) mass is 307 g/mol. The standard InChI is InChI=1S/C14H18ClN5O/c1-3-20(4-2)13-17-12(16)18-14(19-13)21-9-10-5-7-11(15)8-6-10/h5-8H,3-4,9H2,1-2H3,(H2,16,17,18,19). The Morgan fingerprint density at radius 1 is 1.10 bits per heavy atom. The van der Waals surface area contributed by atoms with Crippen LogP contribution < -0.4 is 15.4 Å². The first-order valence-electron chi connectivity index (χ1n) is 6.76. The molecule has 6 nitrogen and oxygen atoms in total. The van der Waals surface area contributed by atoms with E-state index in [0.717, 1.165) is 18.7 Å². The third-order valence-corrected chi connectivity index (χ3v) is 3.20. The van der Waals surface area contributed by atoms with Gasteiger partial charge in [0.1, 0.15) is 6.61 Å². The second-order valence-corrected chi connectivity index (χ2v) is 4.80. The summed E-state index contributed by atoms with van der Waals surface area (Å²) in [7, 11) is 0. The molecule has 0 amide bonds. The van der Waals surface area contributed by atoms with Crippen molar-refractivity contribution in [2.75, 3.05) is 23.7 Å². The van der Waals surface area contributed by atoms with Crippen LogP contribution in [0, 0.1) is 0 Å². The van der Waals surface area contributed by atoms with Gasteiger partial charge in [-0.2, -0.15) is 15.0 Å². The van der Waals surface area contributed by atoms with Crippen LogP contribution in [0.25, 0.3) is 0 Å². The number of hydrogen-bond acceptors (Lipinski definition) is 6. The average Bonchev–Trinajstić information content (AvgIpc) is 2.47. The highest BCUT2D eigenvalue weighted by Crippen LogP contribution is 2.15. The molecule has 0 aliphatic heterocycles. The molecular weight excluding hydrogens is 290 g/mol. The van der Waals surface area contributed by atoms with E-state index in [9.17, 15) is 0 Å². The molecule has 0 unspecified atom stereocenters. The Labute approximate surface area is 128 Å². The smallest absolute Gasteiger partial charge is 0.323 e. The zero-order chi connectivity index (χ0) is 15.2. The largest absolute Gasteiger partial charge is 0.458 e. The van der Waals surface area contributed by atoms with Crippen molar-refractivity contribution < 1.29 is 4.74 Å². The maximum absolute atomic E-state index is 5.84. The Hall–Kier alpha value is -2.08. The summed E-state index contributed by atoms with van der Waals surface area (Å²) in [6.07, 6.45) is 0. The highest BCUT2D eigenvalue weighted by molar-refractivity contribution is 6.30. The number of aromatic nitrogens is 3. The molecule has 0 spiro atoms. The number of nitrogens with two attached hydrogens (primary N) is 1. The first kappa shape index (κ1) is 15.3. The number of hydrogen-bond donors (Lipinski definition) is 1. The van der Waals surface area contributed by atoms with Crippen LogP contribution in [-0.2, 0) is 6.61 Å². The van der Waals surface area contributed by atoms with E-state index in [2.05, 4.69) is 15.0 Å². The van der Waals surface area contributed by atoms with Gasteiger partial charge in [-0.05, 0) is 31.5 Å². The van der Waals surface area contributed by atoms with Crippen molar-refractivity contribution in [3.63, 3.8) is 0 Å². The molecule has 21 heavy (non-hydrogen) atoms. The third kappa shape index (κ3) is 4.19. The fourth-order valence-electron chi connectivity index (χ4n) is 1.80. The summed E-state index contributed by atoms with van der Waals surface area (Å²) >= 11 is 5.84. The van der Waals surface area contributed by atoms with E-state index in [1.165, 1.54) is 0 Å². The molecule has 0 saturated heterocycles. The van der Waals surface area contributed by atoms with Crippen molar-refractivity contribution in [1.82, 2.24) is 15.0 Å².